The predicted molar refractivity (Wildman–Crippen MR) is 39.3 cm³/mol. The van der Waals surface area contributed by atoms with Crippen molar-refractivity contribution in [1.82, 2.24) is 0 Å². The molecule has 0 aliphatic carbocycles. The van der Waals surface area contributed by atoms with Gasteiger partial charge in [-0.3, -0.25) is 0 Å². The molecule has 1 nitrogen and oxygen atoms in total. The van der Waals surface area contributed by atoms with E-state index in [1.807, 2.05) is 13.8 Å². The second kappa shape index (κ2) is 3.46. The SMILES string of the molecule is CCC(O)(CC)CBr. The Hall–Kier alpha value is 0.440. The van der Waals surface area contributed by atoms with Gasteiger partial charge in [-0.25, -0.2) is 0 Å². The van der Waals surface area contributed by atoms with Crippen LogP contribution in [0.4, 0.5) is 0 Å². The second-order valence-electron chi connectivity index (χ2n) is 2.07. The first-order valence-electron chi connectivity index (χ1n) is 2.97. The second-order valence-corrected chi connectivity index (χ2v) is 2.63. The van der Waals surface area contributed by atoms with E-state index in [-0.39, 0.29) is 0 Å². The lowest BCUT2D eigenvalue weighted by molar-refractivity contribution is 0.0584. The molecule has 0 aromatic rings. The first kappa shape index (κ1) is 8.44. The van der Waals surface area contributed by atoms with Crippen LogP contribution in [0.1, 0.15) is 26.7 Å². The molecule has 0 fully saturated rings. The van der Waals surface area contributed by atoms with Crippen molar-refractivity contribution in [1.29, 1.82) is 0 Å². The van der Waals surface area contributed by atoms with Gasteiger partial charge >= 0.3 is 0 Å². The molecule has 8 heavy (non-hydrogen) atoms. The average molecular weight is 181 g/mol. The highest BCUT2D eigenvalue weighted by molar-refractivity contribution is 9.09. The highest BCUT2D eigenvalue weighted by atomic mass is 79.9. The molecule has 0 aliphatic heterocycles. The molecule has 1 N–H and O–H groups in total. The van der Waals surface area contributed by atoms with E-state index >= 15 is 0 Å². The van der Waals surface area contributed by atoms with E-state index < -0.39 is 5.60 Å². The minimum absolute atomic E-state index is 0.458. The van der Waals surface area contributed by atoms with Gasteiger partial charge in [0, 0.05) is 5.33 Å². The summed E-state index contributed by atoms with van der Waals surface area (Å²) in [4.78, 5) is 0. The molecule has 0 amide bonds. The maximum absolute atomic E-state index is 9.39. The lowest BCUT2D eigenvalue weighted by atomic mass is 10.0. The molecule has 0 aromatic carbocycles. The fourth-order valence-corrected chi connectivity index (χ4v) is 1.23. The fraction of sp³-hybridized carbons (Fsp3) is 1.00. The van der Waals surface area contributed by atoms with Crippen LogP contribution in [0.15, 0.2) is 0 Å². The van der Waals surface area contributed by atoms with Crippen molar-refractivity contribution in [3.05, 3.63) is 0 Å². The Bertz CT molecular complexity index is 51.3. The molecule has 2 heteroatoms. The Morgan fingerprint density at radius 3 is 1.75 bits per heavy atom. The van der Waals surface area contributed by atoms with Crippen molar-refractivity contribution in [2.75, 3.05) is 5.33 Å². The third-order valence-electron chi connectivity index (χ3n) is 1.56. The number of hydrogen-bond donors (Lipinski definition) is 1. The number of aliphatic hydroxyl groups is 1. The lowest BCUT2D eigenvalue weighted by Crippen LogP contribution is -2.27. The van der Waals surface area contributed by atoms with Crippen LogP contribution in [0.2, 0.25) is 0 Å². The van der Waals surface area contributed by atoms with Gasteiger partial charge in [0.15, 0.2) is 0 Å². The van der Waals surface area contributed by atoms with Crippen molar-refractivity contribution in [3.8, 4) is 0 Å². The predicted octanol–water partition coefficient (Wildman–Crippen LogP) is 1.93. The number of halogens is 1. The number of rotatable bonds is 3. The fourth-order valence-electron chi connectivity index (χ4n) is 0.439. The van der Waals surface area contributed by atoms with Crippen molar-refractivity contribution >= 4 is 15.9 Å². The Morgan fingerprint density at radius 1 is 1.38 bits per heavy atom. The quantitative estimate of drug-likeness (QED) is 0.659. The van der Waals surface area contributed by atoms with Crippen molar-refractivity contribution in [2.45, 2.75) is 32.3 Å². The van der Waals surface area contributed by atoms with Crippen molar-refractivity contribution < 1.29 is 5.11 Å². The standard InChI is InChI=1S/C6H13BrO/c1-3-6(8,4-2)5-7/h8H,3-5H2,1-2H3. The smallest absolute Gasteiger partial charge is 0.0738 e. The highest BCUT2D eigenvalue weighted by Crippen LogP contribution is 2.16. The molecule has 0 saturated carbocycles. The van der Waals surface area contributed by atoms with E-state index in [1.54, 1.807) is 0 Å². The van der Waals surface area contributed by atoms with Gasteiger partial charge in [0.2, 0.25) is 0 Å². The molecule has 0 radical (unpaired) electrons. The van der Waals surface area contributed by atoms with Crippen LogP contribution in [-0.2, 0) is 0 Å². The van der Waals surface area contributed by atoms with E-state index in [9.17, 15) is 5.11 Å². The zero-order valence-corrected chi connectivity index (χ0v) is 7.03. The third-order valence-corrected chi connectivity index (χ3v) is 2.61. The molecule has 0 rings (SSSR count). The van der Waals surface area contributed by atoms with E-state index in [2.05, 4.69) is 15.9 Å². The van der Waals surface area contributed by atoms with Gasteiger partial charge in [0.1, 0.15) is 0 Å². The average Bonchev–Trinajstić information content (AvgIpc) is 1.87. The van der Waals surface area contributed by atoms with Gasteiger partial charge in [0.05, 0.1) is 5.60 Å². The van der Waals surface area contributed by atoms with Crippen LogP contribution >= 0.6 is 15.9 Å². The Morgan fingerprint density at radius 2 is 1.75 bits per heavy atom. The third kappa shape index (κ3) is 2.14. The van der Waals surface area contributed by atoms with E-state index in [0.717, 1.165) is 12.8 Å². The Balaban J connectivity index is 3.58. The summed E-state index contributed by atoms with van der Waals surface area (Å²) < 4.78 is 0. The first-order valence-corrected chi connectivity index (χ1v) is 4.09. The van der Waals surface area contributed by atoms with Crippen LogP contribution in [0.5, 0.6) is 0 Å². The Labute approximate surface area is 59.2 Å². The lowest BCUT2D eigenvalue weighted by Gasteiger charge is -2.21. The van der Waals surface area contributed by atoms with Gasteiger partial charge in [0.25, 0.3) is 0 Å². The molecule has 50 valence electrons. The number of alkyl halides is 1. The summed E-state index contributed by atoms with van der Waals surface area (Å²) in [6.45, 7) is 3.98. The first-order chi connectivity index (χ1) is 3.68. The zero-order valence-electron chi connectivity index (χ0n) is 5.45. The molecule has 0 atom stereocenters. The van der Waals surface area contributed by atoms with Gasteiger partial charge in [-0.1, -0.05) is 29.8 Å². The minimum Gasteiger partial charge on any atom is -0.389 e. The Kier molecular flexibility index (Phi) is 3.65. The molecule has 0 unspecified atom stereocenters. The number of hydrogen-bond acceptors (Lipinski definition) is 1. The van der Waals surface area contributed by atoms with Gasteiger partial charge in [-0.15, -0.1) is 0 Å². The minimum atomic E-state index is -0.458. The van der Waals surface area contributed by atoms with E-state index in [0.29, 0.717) is 5.33 Å². The van der Waals surface area contributed by atoms with Gasteiger partial charge in [-0.05, 0) is 12.8 Å². The molecule has 0 aromatic heterocycles. The highest BCUT2D eigenvalue weighted by Gasteiger charge is 2.19. The van der Waals surface area contributed by atoms with Gasteiger partial charge < -0.3 is 5.11 Å². The molecule has 0 saturated heterocycles. The van der Waals surface area contributed by atoms with E-state index in [4.69, 9.17) is 0 Å². The van der Waals surface area contributed by atoms with E-state index in [1.165, 1.54) is 0 Å². The summed E-state index contributed by atoms with van der Waals surface area (Å²) in [6.07, 6.45) is 1.66. The molecule has 0 spiro atoms. The maximum Gasteiger partial charge on any atom is 0.0738 e. The monoisotopic (exact) mass is 180 g/mol. The van der Waals surface area contributed by atoms with Crippen LogP contribution in [0, 0.1) is 0 Å². The van der Waals surface area contributed by atoms with Gasteiger partial charge in [-0.2, -0.15) is 0 Å². The summed E-state index contributed by atoms with van der Waals surface area (Å²) in [5, 5.41) is 10.1. The summed E-state index contributed by atoms with van der Waals surface area (Å²) in [7, 11) is 0. The van der Waals surface area contributed by atoms with Crippen LogP contribution in [0.3, 0.4) is 0 Å². The molecule has 0 aliphatic rings. The van der Waals surface area contributed by atoms with Crippen molar-refractivity contribution in [3.63, 3.8) is 0 Å². The molecule has 0 bridgehead atoms. The maximum atomic E-state index is 9.39. The summed E-state index contributed by atoms with van der Waals surface area (Å²) >= 11 is 3.24. The molecule has 0 heterocycles. The van der Waals surface area contributed by atoms with Crippen molar-refractivity contribution in [2.24, 2.45) is 0 Å². The molecular weight excluding hydrogens is 168 g/mol. The van der Waals surface area contributed by atoms with Crippen LogP contribution < -0.4 is 0 Å². The zero-order chi connectivity index (χ0) is 6.62. The summed E-state index contributed by atoms with van der Waals surface area (Å²) in [6, 6.07) is 0. The largest absolute Gasteiger partial charge is 0.389 e. The summed E-state index contributed by atoms with van der Waals surface area (Å²) in [5.74, 6) is 0. The normalized spacial score (nSPS) is 12.0. The topological polar surface area (TPSA) is 20.2 Å². The van der Waals surface area contributed by atoms with Crippen LogP contribution in [0.25, 0.3) is 0 Å². The van der Waals surface area contributed by atoms with Crippen LogP contribution in [-0.4, -0.2) is 16.0 Å². The molecular formula is C6H13BrO. The summed E-state index contributed by atoms with van der Waals surface area (Å²) in [5.41, 5.74) is -0.458.